The van der Waals surface area contributed by atoms with Crippen molar-refractivity contribution in [2.75, 3.05) is 46.0 Å². The molecule has 1 unspecified atom stereocenters. The maximum atomic E-state index is 12.8. The summed E-state index contributed by atoms with van der Waals surface area (Å²) >= 11 is 0. The summed E-state index contributed by atoms with van der Waals surface area (Å²) in [6.07, 6.45) is 1.40. The largest absolute Gasteiger partial charge is 0.345 e. The average Bonchev–Trinajstić information content (AvgIpc) is 2.97. The molecule has 3 rings (SSSR count). The fraction of sp³-hybridized carbons (Fsp3) is 0.667. The number of likely N-dealkylation sites (tertiary alicyclic amines) is 1. The van der Waals surface area contributed by atoms with Gasteiger partial charge in [0, 0.05) is 57.3 Å². The number of amides is 2. The molecule has 2 fully saturated rings. The van der Waals surface area contributed by atoms with Crippen LogP contribution in [0, 0.1) is 12.3 Å². The van der Waals surface area contributed by atoms with E-state index in [4.69, 9.17) is 0 Å². The Morgan fingerprint density at radius 2 is 2.00 bits per heavy atom. The molecule has 2 aliphatic rings. The zero-order chi connectivity index (χ0) is 18.4. The van der Waals surface area contributed by atoms with E-state index < -0.39 is 15.4 Å². The highest BCUT2D eigenvalue weighted by atomic mass is 32.2. The van der Waals surface area contributed by atoms with Crippen LogP contribution < -0.4 is 0 Å². The van der Waals surface area contributed by atoms with Gasteiger partial charge in [-0.3, -0.25) is 14.7 Å². The van der Waals surface area contributed by atoms with Crippen LogP contribution in [-0.4, -0.2) is 90.6 Å². The van der Waals surface area contributed by atoms with Crippen molar-refractivity contribution in [1.29, 1.82) is 0 Å². The summed E-state index contributed by atoms with van der Waals surface area (Å²) in [5.74, 6) is -0.278. The lowest BCUT2D eigenvalue weighted by Gasteiger charge is -2.32. The van der Waals surface area contributed by atoms with Crippen LogP contribution in [-0.2, 0) is 14.8 Å². The zero-order valence-corrected chi connectivity index (χ0v) is 15.5. The second-order valence-corrected chi connectivity index (χ2v) is 9.17. The minimum Gasteiger partial charge on any atom is -0.345 e. The topological polar surface area (TPSA) is 107 Å². The number of nitrogens with one attached hydrogen (secondary N) is 1. The van der Waals surface area contributed by atoms with E-state index in [1.165, 1.54) is 4.31 Å². The van der Waals surface area contributed by atoms with Gasteiger partial charge in [0.15, 0.2) is 0 Å². The van der Waals surface area contributed by atoms with Crippen LogP contribution in [0.5, 0.6) is 0 Å². The standard InChI is InChI=1S/C15H23N5O4S/c1-11-6-12(17-16-11)14(22)19-4-5-20(25(3,23)24)10-15(9-19)7-13(21)18(2)8-15/h6H,4-5,7-10H2,1-3H3,(H,16,17). The van der Waals surface area contributed by atoms with Gasteiger partial charge in [0.05, 0.1) is 6.26 Å². The Hall–Kier alpha value is -1.94. The molecule has 0 bridgehead atoms. The molecule has 138 valence electrons. The van der Waals surface area contributed by atoms with Crippen LogP contribution in [0.2, 0.25) is 0 Å². The van der Waals surface area contributed by atoms with Crippen LogP contribution in [0.4, 0.5) is 0 Å². The number of hydrogen-bond acceptors (Lipinski definition) is 5. The Balaban J connectivity index is 1.91. The third-order valence-corrected chi connectivity index (χ3v) is 6.11. The second-order valence-electron chi connectivity index (χ2n) is 7.19. The number of nitrogens with zero attached hydrogens (tertiary/aromatic N) is 4. The molecule has 0 aromatic carbocycles. The van der Waals surface area contributed by atoms with Crippen molar-refractivity contribution < 1.29 is 18.0 Å². The van der Waals surface area contributed by atoms with Crippen molar-refractivity contribution >= 4 is 21.8 Å². The molecule has 10 heteroatoms. The number of aromatic amines is 1. The van der Waals surface area contributed by atoms with Gasteiger partial charge in [-0.15, -0.1) is 0 Å². The highest BCUT2D eigenvalue weighted by Crippen LogP contribution is 2.35. The molecule has 1 aromatic rings. The summed E-state index contributed by atoms with van der Waals surface area (Å²) in [5.41, 5.74) is 0.492. The average molecular weight is 369 g/mol. The van der Waals surface area contributed by atoms with Crippen LogP contribution in [0.15, 0.2) is 6.07 Å². The summed E-state index contributed by atoms with van der Waals surface area (Å²) < 4.78 is 25.6. The number of H-pyrrole nitrogens is 1. The summed E-state index contributed by atoms with van der Waals surface area (Å²) in [4.78, 5) is 28.1. The van der Waals surface area contributed by atoms with E-state index in [2.05, 4.69) is 10.2 Å². The summed E-state index contributed by atoms with van der Waals surface area (Å²) in [5, 5.41) is 6.76. The van der Waals surface area contributed by atoms with Gasteiger partial charge in [-0.25, -0.2) is 8.42 Å². The van der Waals surface area contributed by atoms with Gasteiger partial charge in [0.1, 0.15) is 5.69 Å². The number of hydrogen-bond donors (Lipinski definition) is 1. The molecular weight excluding hydrogens is 346 g/mol. The van der Waals surface area contributed by atoms with Crippen LogP contribution in [0.1, 0.15) is 22.6 Å². The molecule has 1 atom stereocenters. The number of aryl methyl sites for hydroxylation is 1. The van der Waals surface area contributed by atoms with E-state index >= 15 is 0 Å². The normalized spacial score (nSPS) is 25.6. The number of carbonyl (C=O) groups is 2. The highest BCUT2D eigenvalue weighted by molar-refractivity contribution is 7.88. The van der Waals surface area contributed by atoms with Gasteiger partial charge in [0.2, 0.25) is 15.9 Å². The molecule has 3 heterocycles. The van der Waals surface area contributed by atoms with Crippen molar-refractivity contribution in [3.8, 4) is 0 Å². The Labute approximate surface area is 147 Å². The highest BCUT2D eigenvalue weighted by Gasteiger charge is 2.47. The predicted molar refractivity (Wildman–Crippen MR) is 90.3 cm³/mol. The minimum absolute atomic E-state index is 0.0293. The molecular formula is C15H23N5O4S. The molecule has 0 radical (unpaired) electrons. The molecule has 0 saturated carbocycles. The third-order valence-electron chi connectivity index (χ3n) is 4.86. The number of sulfonamides is 1. The fourth-order valence-electron chi connectivity index (χ4n) is 3.68. The lowest BCUT2D eigenvalue weighted by molar-refractivity contribution is -0.126. The Morgan fingerprint density at radius 3 is 2.52 bits per heavy atom. The second kappa shape index (κ2) is 6.10. The van der Waals surface area contributed by atoms with Crippen molar-refractivity contribution in [2.45, 2.75) is 13.3 Å². The molecule has 1 N–H and O–H groups in total. The maximum Gasteiger partial charge on any atom is 0.274 e. The van der Waals surface area contributed by atoms with E-state index in [-0.39, 0.29) is 37.9 Å². The Kier molecular flexibility index (Phi) is 4.36. The van der Waals surface area contributed by atoms with Gasteiger partial charge < -0.3 is 9.80 Å². The molecule has 1 aromatic heterocycles. The molecule has 9 nitrogen and oxygen atoms in total. The molecule has 2 aliphatic heterocycles. The first-order valence-electron chi connectivity index (χ1n) is 8.10. The molecule has 25 heavy (non-hydrogen) atoms. The third kappa shape index (κ3) is 3.54. The fourth-order valence-corrected chi connectivity index (χ4v) is 4.60. The van der Waals surface area contributed by atoms with Crippen LogP contribution in [0.25, 0.3) is 0 Å². The molecule has 0 aliphatic carbocycles. The van der Waals surface area contributed by atoms with Crippen molar-refractivity contribution in [2.24, 2.45) is 5.41 Å². The number of carbonyl (C=O) groups excluding carboxylic acids is 2. The van der Waals surface area contributed by atoms with Gasteiger partial charge in [-0.1, -0.05) is 0 Å². The van der Waals surface area contributed by atoms with E-state index in [0.29, 0.717) is 18.8 Å². The summed E-state index contributed by atoms with van der Waals surface area (Å²) in [6, 6.07) is 1.67. The van der Waals surface area contributed by atoms with Crippen molar-refractivity contribution in [3.63, 3.8) is 0 Å². The van der Waals surface area contributed by atoms with E-state index in [1.54, 1.807) is 22.9 Å². The van der Waals surface area contributed by atoms with E-state index in [9.17, 15) is 18.0 Å². The van der Waals surface area contributed by atoms with Gasteiger partial charge >= 0.3 is 0 Å². The molecule has 2 saturated heterocycles. The number of rotatable bonds is 2. The Bertz CT molecular complexity index is 805. The predicted octanol–water partition coefficient (Wildman–Crippen LogP) is -0.716. The van der Waals surface area contributed by atoms with Crippen molar-refractivity contribution in [1.82, 2.24) is 24.3 Å². The maximum absolute atomic E-state index is 12.8. The summed E-state index contributed by atoms with van der Waals surface area (Å²) in [6.45, 7) is 3.31. The molecule has 2 amide bonds. The van der Waals surface area contributed by atoms with Gasteiger partial charge in [-0.05, 0) is 13.0 Å². The van der Waals surface area contributed by atoms with E-state index in [1.807, 2.05) is 6.92 Å². The SMILES string of the molecule is Cc1cc(C(=O)N2CCN(S(C)(=O)=O)CC3(CC(=O)N(C)C3)C2)n[nH]1. The Morgan fingerprint density at radius 1 is 1.28 bits per heavy atom. The minimum atomic E-state index is -3.41. The lowest BCUT2D eigenvalue weighted by Crippen LogP contribution is -2.45. The van der Waals surface area contributed by atoms with E-state index in [0.717, 1.165) is 11.9 Å². The van der Waals surface area contributed by atoms with Crippen LogP contribution >= 0.6 is 0 Å². The first-order valence-corrected chi connectivity index (χ1v) is 9.95. The lowest BCUT2D eigenvalue weighted by atomic mass is 9.86. The van der Waals surface area contributed by atoms with Crippen molar-refractivity contribution in [3.05, 3.63) is 17.5 Å². The first-order chi connectivity index (χ1) is 11.6. The smallest absolute Gasteiger partial charge is 0.274 e. The monoisotopic (exact) mass is 369 g/mol. The van der Waals surface area contributed by atoms with Gasteiger partial charge in [0.25, 0.3) is 5.91 Å². The summed E-state index contributed by atoms with van der Waals surface area (Å²) in [7, 11) is -1.71. The van der Waals surface area contributed by atoms with Crippen LogP contribution in [0.3, 0.4) is 0 Å². The zero-order valence-electron chi connectivity index (χ0n) is 14.7. The quantitative estimate of drug-likeness (QED) is 0.741. The molecule has 1 spiro atoms. The first kappa shape index (κ1) is 17.9. The van der Waals surface area contributed by atoms with Gasteiger partial charge in [-0.2, -0.15) is 9.40 Å². The number of aromatic nitrogens is 2.